The molecule has 5 rings (SSSR count). The highest BCUT2D eigenvalue weighted by molar-refractivity contribution is 7.21. The van der Waals surface area contributed by atoms with E-state index >= 15 is 0 Å². The van der Waals surface area contributed by atoms with Crippen LogP contribution >= 0.6 is 11.3 Å². The molecule has 0 saturated heterocycles. The maximum atomic E-state index is 13.2. The van der Waals surface area contributed by atoms with Crippen molar-refractivity contribution < 1.29 is 14.4 Å². The third kappa shape index (κ3) is 4.88. The number of hydrogen-bond donors (Lipinski definition) is 3. The molecule has 35 heavy (non-hydrogen) atoms. The van der Waals surface area contributed by atoms with E-state index in [1.54, 1.807) is 36.8 Å². The molecule has 0 bridgehead atoms. The average molecular weight is 493 g/mol. The molecule has 2 aliphatic rings. The van der Waals surface area contributed by atoms with Crippen molar-refractivity contribution in [2.45, 2.75) is 51.6 Å². The van der Waals surface area contributed by atoms with Gasteiger partial charge in [0.15, 0.2) is 0 Å². The number of nitrogens with zero attached hydrogens (tertiary/aromatic N) is 3. The zero-order valence-electron chi connectivity index (χ0n) is 19.7. The van der Waals surface area contributed by atoms with E-state index in [1.165, 1.54) is 28.7 Å². The van der Waals surface area contributed by atoms with E-state index in [0.29, 0.717) is 32.2 Å². The van der Waals surface area contributed by atoms with E-state index in [0.717, 1.165) is 19.3 Å². The minimum absolute atomic E-state index is 0.153. The summed E-state index contributed by atoms with van der Waals surface area (Å²) in [6.07, 6.45) is 9.79. The molecule has 1 fully saturated rings. The van der Waals surface area contributed by atoms with Crippen molar-refractivity contribution in [3.8, 4) is 0 Å². The zero-order valence-corrected chi connectivity index (χ0v) is 20.5. The van der Waals surface area contributed by atoms with Gasteiger partial charge in [0, 0.05) is 24.5 Å². The molecule has 10 heteroatoms. The van der Waals surface area contributed by atoms with E-state index < -0.39 is 0 Å². The third-order valence-corrected chi connectivity index (χ3v) is 6.80. The highest BCUT2D eigenvalue weighted by Crippen LogP contribution is 2.45. The molecule has 3 N–H and O–H groups in total. The summed E-state index contributed by atoms with van der Waals surface area (Å²) in [7, 11) is 0. The summed E-state index contributed by atoms with van der Waals surface area (Å²) in [6, 6.07) is 4.58. The van der Waals surface area contributed by atoms with Crippen LogP contribution in [-0.4, -0.2) is 39.9 Å². The van der Waals surface area contributed by atoms with E-state index in [-0.39, 0.29) is 29.9 Å². The van der Waals surface area contributed by atoms with Gasteiger partial charge in [0.2, 0.25) is 5.91 Å². The van der Waals surface area contributed by atoms with Crippen molar-refractivity contribution in [3.05, 3.63) is 54.3 Å². The van der Waals surface area contributed by atoms with Crippen LogP contribution in [0.1, 0.15) is 49.2 Å². The monoisotopic (exact) mass is 492 g/mol. The van der Waals surface area contributed by atoms with Crippen molar-refractivity contribution >= 4 is 56.5 Å². The van der Waals surface area contributed by atoms with Crippen molar-refractivity contribution in [1.29, 1.82) is 0 Å². The highest BCUT2D eigenvalue weighted by Gasteiger charge is 2.35. The lowest BCUT2D eigenvalue weighted by molar-refractivity contribution is -0.117. The van der Waals surface area contributed by atoms with Gasteiger partial charge in [-0.1, -0.05) is 26.8 Å². The van der Waals surface area contributed by atoms with E-state index in [2.05, 4.69) is 46.3 Å². The van der Waals surface area contributed by atoms with Crippen LogP contribution in [-0.2, 0) is 4.79 Å². The van der Waals surface area contributed by atoms with E-state index in [1.807, 2.05) is 0 Å². The smallest absolute Gasteiger partial charge is 0.331 e. The Labute approximate surface area is 207 Å². The maximum absolute atomic E-state index is 13.2. The van der Waals surface area contributed by atoms with Gasteiger partial charge in [-0.15, -0.1) is 11.3 Å². The lowest BCUT2D eigenvalue weighted by Crippen LogP contribution is -2.48. The van der Waals surface area contributed by atoms with Crippen LogP contribution in [0.5, 0.6) is 0 Å². The first kappa shape index (κ1) is 24.3. The SMILES string of the molecule is C=CC(=O)NC1CCCC1NC(=O)c1sc2nccc3c2c1NC(=O)N3c1cccnc1.CCC. The third-order valence-electron chi connectivity index (χ3n) is 5.70. The molecule has 0 spiro atoms. The number of amides is 4. The second-order valence-electron chi connectivity index (χ2n) is 8.33. The van der Waals surface area contributed by atoms with Gasteiger partial charge in [0.05, 0.1) is 28.6 Å². The van der Waals surface area contributed by atoms with Gasteiger partial charge in [0.1, 0.15) is 9.71 Å². The minimum atomic E-state index is -0.373. The number of nitrogens with one attached hydrogen (secondary N) is 3. The number of hydrogen-bond acceptors (Lipinski definition) is 6. The number of rotatable bonds is 5. The van der Waals surface area contributed by atoms with Crippen molar-refractivity contribution in [2.75, 3.05) is 10.2 Å². The molecule has 2 atom stereocenters. The van der Waals surface area contributed by atoms with Gasteiger partial charge in [-0.2, -0.15) is 0 Å². The fourth-order valence-corrected chi connectivity index (χ4v) is 5.29. The van der Waals surface area contributed by atoms with Gasteiger partial charge >= 0.3 is 6.03 Å². The standard InChI is InChI=1S/C22H20N6O3S.C3H8/c1-2-16(29)25-13-6-3-7-14(13)26-20(30)19-18-17-15(8-10-24-21(17)32-19)28(22(31)27-18)12-5-4-9-23-11-12;1-3-2/h2,4-5,8-11,13-14H,1,3,6-7H2,(H,25,29)(H,26,30)(H,27,31);3H2,1-2H3. The van der Waals surface area contributed by atoms with Crippen LogP contribution < -0.4 is 20.9 Å². The van der Waals surface area contributed by atoms with Gasteiger partial charge in [-0.25, -0.2) is 9.78 Å². The first-order valence-corrected chi connectivity index (χ1v) is 12.5. The second-order valence-corrected chi connectivity index (χ2v) is 9.33. The summed E-state index contributed by atoms with van der Waals surface area (Å²) in [6.45, 7) is 7.73. The molecule has 3 aromatic heterocycles. The number of aromatic nitrogens is 2. The van der Waals surface area contributed by atoms with Crippen LogP contribution in [0.3, 0.4) is 0 Å². The van der Waals surface area contributed by atoms with Gasteiger partial charge in [-0.05, 0) is 43.5 Å². The second kappa shape index (κ2) is 10.6. The Morgan fingerprint density at radius 3 is 2.66 bits per heavy atom. The highest BCUT2D eigenvalue weighted by atomic mass is 32.1. The van der Waals surface area contributed by atoms with Gasteiger partial charge in [-0.3, -0.25) is 19.5 Å². The van der Waals surface area contributed by atoms with Crippen LogP contribution in [0.15, 0.2) is 49.4 Å². The lowest BCUT2D eigenvalue weighted by Gasteiger charge is -2.28. The maximum Gasteiger partial charge on any atom is 0.331 e. The van der Waals surface area contributed by atoms with E-state index in [4.69, 9.17) is 0 Å². The Hall–Kier alpha value is -3.79. The molecular formula is C25H28N6O3S. The first-order valence-electron chi connectivity index (χ1n) is 11.6. The quantitative estimate of drug-likeness (QED) is 0.445. The average Bonchev–Trinajstić information content (AvgIpc) is 3.45. The van der Waals surface area contributed by atoms with Crippen molar-refractivity contribution in [2.24, 2.45) is 0 Å². The molecule has 3 aromatic rings. The van der Waals surface area contributed by atoms with Crippen molar-refractivity contribution in [3.63, 3.8) is 0 Å². The predicted octanol–water partition coefficient (Wildman–Crippen LogP) is 4.74. The minimum Gasteiger partial charge on any atom is -0.348 e. The fourth-order valence-electron chi connectivity index (χ4n) is 4.27. The molecule has 9 nitrogen and oxygen atoms in total. The molecule has 1 aliphatic carbocycles. The number of anilines is 3. The Morgan fingerprint density at radius 1 is 1.23 bits per heavy atom. The predicted molar refractivity (Wildman–Crippen MR) is 138 cm³/mol. The molecule has 4 heterocycles. The number of carbonyl (C=O) groups is 3. The summed E-state index contributed by atoms with van der Waals surface area (Å²) in [4.78, 5) is 49.0. The van der Waals surface area contributed by atoms with Crippen LogP contribution in [0.2, 0.25) is 0 Å². The molecule has 0 aromatic carbocycles. The van der Waals surface area contributed by atoms with Gasteiger partial charge < -0.3 is 16.0 Å². The fraction of sp³-hybridized carbons (Fsp3) is 0.320. The molecule has 0 radical (unpaired) electrons. The summed E-state index contributed by atoms with van der Waals surface area (Å²) < 4.78 is 0. The van der Waals surface area contributed by atoms with E-state index in [9.17, 15) is 14.4 Å². The number of carbonyl (C=O) groups excluding carboxylic acids is 3. The van der Waals surface area contributed by atoms with Crippen LogP contribution in [0.25, 0.3) is 10.2 Å². The van der Waals surface area contributed by atoms with Gasteiger partial charge in [0.25, 0.3) is 5.91 Å². The molecular weight excluding hydrogens is 464 g/mol. The van der Waals surface area contributed by atoms with Crippen molar-refractivity contribution in [1.82, 2.24) is 20.6 Å². The van der Waals surface area contributed by atoms with Crippen LogP contribution in [0, 0.1) is 0 Å². The summed E-state index contributed by atoms with van der Waals surface area (Å²) >= 11 is 1.23. The Morgan fingerprint density at radius 2 is 1.97 bits per heavy atom. The number of pyridine rings is 2. The Bertz CT molecular complexity index is 1260. The molecule has 1 saturated carbocycles. The number of thiophene rings is 1. The largest absolute Gasteiger partial charge is 0.348 e. The molecule has 4 amide bonds. The summed E-state index contributed by atoms with van der Waals surface area (Å²) in [5.41, 5.74) is 1.72. The normalized spacial score (nSPS) is 18.3. The summed E-state index contributed by atoms with van der Waals surface area (Å²) in [5.74, 6) is -0.557. The molecule has 182 valence electrons. The number of urea groups is 1. The molecule has 2 unspecified atom stereocenters. The Kier molecular flexibility index (Phi) is 7.40. The first-order chi connectivity index (χ1) is 17.0. The Balaban J connectivity index is 0.000000917. The lowest BCUT2D eigenvalue weighted by atomic mass is 10.1. The van der Waals surface area contributed by atoms with Crippen LogP contribution in [0.4, 0.5) is 21.9 Å². The summed E-state index contributed by atoms with van der Waals surface area (Å²) in [5, 5.41) is 9.49. The topological polar surface area (TPSA) is 116 Å². The zero-order chi connectivity index (χ0) is 24.9. The molecule has 1 aliphatic heterocycles.